The normalized spacial score (nSPS) is 40.2. The third-order valence-corrected chi connectivity index (χ3v) is 22.0. The molecule has 4 saturated carbocycles. The van der Waals surface area contributed by atoms with Gasteiger partial charge in [-0.2, -0.15) is 0 Å². The second kappa shape index (κ2) is 21.4. The molecule has 3 heteroatoms. The molecule has 7 atom stereocenters. The van der Waals surface area contributed by atoms with Crippen LogP contribution >= 0.6 is 22.6 Å². The number of allylic oxidation sites excluding steroid dienone is 11. The van der Waals surface area contributed by atoms with Crippen LogP contribution in [-0.2, 0) is 0 Å². The maximum absolute atomic E-state index is 3.23. The van der Waals surface area contributed by atoms with Crippen molar-refractivity contribution in [3.8, 4) is 0 Å². The van der Waals surface area contributed by atoms with Crippen molar-refractivity contribution >= 4 is 22.6 Å². The molecule has 2 nitrogen and oxygen atoms in total. The van der Waals surface area contributed by atoms with Crippen LogP contribution in [-0.4, -0.2) is 43.4 Å². The molecule has 0 aliphatic heterocycles. The third kappa shape index (κ3) is 10.2. The Morgan fingerprint density at radius 2 is 1.25 bits per heavy atom. The van der Waals surface area contributed by atoms with Crippen molar-refractivity contribution in [2.24, 2.45) is 40.9 Å². The van der Waals surface area contributed by atoms with Crippen molar-refractivity contribution in [2.75, 3.05) is 0 Å². The maximum Gasteiger partial charge on any atom is 0.0546 e. The van der Waals surface area contributed by atoms with Gasteiger partial charge in [-0.3, -0.25) is 4.90 Å². The van der Waals surface area contributed by atoms with E-state index in [-0.39, 0.29) is 0 Å². The van der Waals surface area contributed by atoms with Crippen molar-refractivity contribution < 1.29 is 0 Å². The van der Waals surface area contributed by atoms with Crippen molar-refractivity contribution in [1.82, 2.24) is 9.80 Å². The van der Waals surface area contributed by atoms with Crippen LogP contribution in [0, 0.1) is 40.9 Å². The topological polar surface area (TPSA) is 6.48 Å². The van der Waals surface area contributed by atoms with Gasteiger partial charge >= 0.3 is 0 Å². The van der Waals surface area contributed by atoms with E-state index in [1.807, 2.05) is 0 Å². The lowest BCUT2D eigenvalue weighted by atomic mass is 9.62. The third-order valence-electron chi connectivity index (χ3n) is 20.2. The highest BCUT2D eigenvalue weighted by atomic mass is 127. The highest BCUT2D eigenvalue weighted by Crippen LogP contribution is 2.54. The first-order valence-corrected chi connectivity index (χ1v) is 29.2. The zero-order valence-corrected chi connectivity index (χ0v) is 42.7. The van der Waals surface area contributed by atoms with E-state index >= 15 is 0 Å². The van der Waals surface area contributed by atoms with Crippen molar-refractivity contribution in [1.29, 1.82) is 0 Å². The summed E-state index contributed by atoms with van der Waals surface area (Å²) in [5.74, 6) is 5.15. The molecule has 0 saturated heterocycles. The van der Waals surface area contributed by atoms with Gasteiger partial charge in [-0.25, -0.2) is 0 Å². The summed E-state index contributed by atoms with van der Waals surface area (Å²) in [7, 11) is 0. The summed E-state index contributed by atoms with van der Waals surface area (Å²) in [5.41, 5.74) is 5.62. The predicted molar refractivity (Wildman–Crippen MR) is 281 cm³/mol. The molecule has 0 aromatic heterocycles. The van der Waals surface area contributed by atoms with E-state index in [1.165, 1.54) is 193 Å². The summed E-state index contributed by atoms with van der Waals surface area (Å²) in [5, 5.41) is 0. The van der Waals surface area contributed by atoms with Crippen LogP contribution in [0.2, 0.25) is 0 Å². The molecule has 0 aromatic carbocycles. The van der Waals surface area contributed by atoms with Gasteiger partial charge in [0, 0.05) is 39.2 Å². The molecule has 10 rings (SSSR count). The number of hydrogen-bond donors (Lipinski definition) is 0. The molecular formula is C61H89IN2. The fourth-order valence-electron chi connectivity index (χ4n) is 16.4. The Morgan fingerprint density at radius 3 is 1.92 bits per heavy atom. The SMILES string of the molecule is CC1(C2CCCCC2)C=CC(I)(C2CCC(N(C3CC=CCC3)[C@@H]3CCC=CC3C3=CC=CCC3N(C3=CC=C(C4CCC(C5CCCCC5)CC4)CC3)C3CC=CCC3)CC2)CC1. The quantitative estimate of drug-likeness (QED) is 0.116. The second-order valence-electron chi connectivity index (χ2n) is 23.7. The smallest absolute Gasteiger partial charge is 0.0546 e. The Balaban J connectivity index is 0.867. The number of halogens is 1. The molecule has 0 amide bonds. The number of rotatable bonds is 11. The Bertz CT molecular complexity index is 1800. The molecule has 10 aliphatic rings. The Hall–Kier alpha value is -1.59. The van der Waals surface area contributed by atoms with Crippen molar-refractivity contribution in [2.45, 2.75) is 240 Å². The van der Waals surface area contributed by atoms with E-state index < -0.39 is 0 Å². The molecule has 0 aromatic rings. The Labute approximate surface area is 406 Å². The maximum atomic E-state index is 3.23. The fourth-order valence-corrected chi connectivity index (χ4v) is 17.4. The highest BCUT2D eigenvalue weighted by molar-refractivity contribution is 14.1. The first-order chi connectivity index (χ1) is 31.5. The summed E-state index contributed by atoms with van der Waals surface area (Å²) in [4.78, 5) is 6.27. The van der Waals surface area contributed by atoms with Crippen LogP contribution in [0.5, 0.6) is 0 Å². The molecule has 64 heavy (non-hydrogen) atoms. The van der Waals surface area contributed by atoms with Crippen LogP contribution in [0.1, 0.15) is 206 Å². The number of alkyl halides is 1. The molecular weight excluding hydrogens is 888 g/mol. The number of nitrogens with zero attached hydrogens (tertiary/aromatic N) is 2. The van der Waals surface area contributed by atoms with Crippen LogP contribution < -0.4 is 0 Å². The van der Waals surface area contributed by atoms with E-state index in [0.29, 0.717) is 45.0 Å². The lowest BCUT2D eigenvalue weighted by molar-refractivity contribution is 0.0192. The van der Waals surface area contributed by atoms with Gasteiger partial charge in [0.25, 0.3) is 0 Å². The summed E-state index contributed by atoms with van der Waals surface area (Å²) < 4.78 is 0.355. The van der Waals surface area contributed by atoms with E-state index in [9.17, 15) is 0 Å². The highest BCUT2D eigenvalue weighted by Gasteiger charge is 2.47. The van der Waals surface area contributed by atoms with Crippen molar-refractivity contribution in [3.05, 3.63) is 95.8 Å². The average Bonchev–Trinajstić information content (AvgIpc) is 3.37. The lowest BCUT2D eigenvalue weighted by Gasteiger charge is -2.53. The van der Waals surface area contributed by atoms with Gasteiger partial charge in [-0.05, 0) is 194 Å². The molecule has 0 N–H and O–H groups in total. The lowest BCUT2D eigenvalue weighted by Crippen LogP contribution is -2.56. The molecule has 0 heterocycles. The van der Waals surface area contributed by atoms with Crippen LogP contribution in [0.4, 0.5) is 0 Å². The van der Waals surface area contributed by atoms with Gasteiger partial charge in [-0.1, -0.05) is 159 Å². The van der Waals surface area contributed by atoms with E-state index in [2.05, 4.69) is 118 Å². The van der Waals surface area contributed by atoms with Crippen LogP contribution in [0.15, 0.2) is 95.8 Å². The van der Waals surface area contributed by atoms with Crippen molar-refractivity contribution in [3.63, 3.8) is 0 Å². The molecule has 350 valence electrons. The van der Waals surface area contributed by atoms with Crippen LogP contribution in [0.3, 0.4) is 0 Å². The summed E-state index contributed by atoms with van der Waals surface area (Å²) in [6.45, 7) is 2.62. The summed E-state index contributed by atoms with van der Waals surface area (Å²) >= 11 is 2.96. The van der Waals surface area contributed by atoms with E-state index in [0.717, 1.165) is 36.0 Å². The van der Waals surface area contributed by atoms with Gasteiger partial charge in [-0.15, -0.1) is 0 Å². The molecule has 0 radical (unpaired) electrons. The first kappa shape index (κ1) is 46.2. The van der Waals surface area contributed by atoms with Gasteiger partial charge in [0.1, 0.15) is 0 Å². The minimum absolute atomic E-state index is 0.355. The zero-order valence-electron chi connectivity index (χ0n) is 40.5. The molecule has 4 fully saturated rings. The predicted octanol–water partition coefficient (Wildman–Crippen LogP) is 17.1. The Morgan fingerprint density at radius 1 is 0.547 bits per heavy atom. The summed E-state index contributed by atoms with van der Waals surface area (Å²) in [6.07, 6.45) is 76.8. The van der Waals surface area contributed by atoms with Gasteiger partial charge in [0.05, 0.1) is 6.04 Å². The van der Waals surface area contributed by atoms with Gasteiger partial charge in [0.15, 0.2) is 0 Å². The first-order valence-electron chi connectivity index (χ1n) is 28.1. The fraction of sp³-hybridized carbons (Fsp3) is 0.738. The molecule has 0 spiro atoms. The zero-order chi connectivity index (χ0) is 43.4. The number of hydrogen-bond acceptors (Lipinski definition) is 2. The average molecular weight is 977 g/mol. The van der Waals surface area contributed by atoms with Gasteiger partial charge < -0.3 is 4.90 Å². The minimum atomic E-state index is 0.355. The van der Waals surface area contributed by atoms with Crippen LogP contribution in [0.25, 0.3) is 0 Å². The molecule has 6 unspecified atom stereocenters. The summed E-state index contributed by atoms with van der Waals surface area (Å²) in [6, 6.07) is 3.07. The minimum Gasteiger partial charge on any atom is -0.364 e. The molecule has 10 aliphatic carbocycles. The Kier molecular flexibility index (Phi) is 15.4. The van der Waals surface area contributed by atoms with E-state index in [1.54, 1.807) is 16.8 Å². The van der Waals surface area contributed by atoms with Gasteiger partial charge in [0.2, 0.25) is 0 Å². The monoisotopic (exact) mass is 977 g/mol. The standard InChI is InChI=1S/C61H89IN2/c1-60(50-20-8-3-9-21-50)42-44-61(62,45-43-60)51-36-40-55(41-37-51)64(53-24-12-5-13-25-53)59-29-17-15-27-57(59)56-26-14-16-28-58(56)63(52-22-10-4-11-23-52)54-38-34-49(35-39-54)48-32-30-47(31-33-48)46-18-6-2-7-19-46/h4-5,10,12,14-16,26-27,34,38,42,44,46-48,50-53,55,57-59H,2-3,6-9,11,13,17-25,28-33,35-37,39-41,43,45H2,1H3/t47?,48?,51?,52?,53?,55?,57?,58?,59-,60?,61?/m1/s1. The largest absolute Gasteiger partial charge is 0.364 e. The van der Waals surface area contributed by atoms with E-state index in [4.69, 9.17) is 0 Å². The molecule has 0 bridgehead atoms. The second-order valence-corrected chi connectivity index (χ2v) is 25.7.